The van der Waals surface area contributed by atoms with Crippen molar-refractivity contribution in [1.82, 2.24) is 4.98 Å². The number of unbranched alkanes of at least 4 members (excludes halogenated alkanes) is 3. The van der Waals surface area contributed by atoms with Crippen molar-refractivity contribution in [2.24, 2.45) is 0 Å². The second-order valence-electron chi connectivity index (χ2n) is 5.79. The van der Waals surface area contributed by atoms with Gasteiger partial charge in [0.2, 0.25) is 0 Å². The van der Waals surface area contributed by atoms with Crippen molar-refractivity contribution in [2.75, 3.05) is 0 Å². The summed E-state index contributed by atoms with van der Waals surface area (Å²) < 4.78 is 5.31. The lowest BCUT2D eigenvalue weighted by molar-refractivity contribution is 0.0314. The van der Waals surface area contributed by atoms with Gasteiger partial charge in [0.15, 0.2) is 5.56 Å². The number of benzene rings is 1. The third kappa shape index (κ3) is 4.12. The number of aromatic amines is 1. The van der Waals surface area contributed by atoms with Crippen molar-refractivity contribution < 1.29 is 14.6 Å². The SMILES string of the molecule is CCCCCCC(C)OC(=O)c1c(O)c2ccccc2[nH]c1=O. The molecule has 1 aromatic carbocycles. The lowest BCUT2D eigenvalue weighted by Gasteiger charge is -2.14. The number of hydrogen-bond acceptors (Lipinski definition) is 4. The van der Waals surface area contributed by atoms with Gasteiger partial charge in [-0.15, -0.1) is 0 Å². The van der Waals surface area contributed by atoms with E-state index in [1.807, 2.05) is 0 Å². The van der Waals surface area contributed by atoms with E-state index in [4.69, 9.17) is 4.74 Å². The number of hydrogen-bond donors (Lipinski definition) is 2. The Morgan fingerprint density at radius 1 is 1.26 bits per heavy atom. The van der Waals surface area contributed by atoms with Gasteiger partial charge in [0.25, 0.3) is 5.56 Å². The van der Waals surface area contributed by atoms with Crippen molar-refractivity contribution in [3.05, 3.63) is 40.2 Å². The largest absolute Gasteiger partial charge is 0.506 e. The summed E-state index contributed by atoms with van der Waals surface area (Å²) in [5, 5.41) is 10.7. The zero-order chi connectivity index (χ0) is 16.8. The van der Waals surface area contributed by atoms with Gasteiger partial charge in [-0.3, -0.25) is 4.79 Å². The third-order valence-corrected chi connectivity index (χ3v) is 3.87. The number of aromatic nitrogens is 1. The molecule has 2 N–H and O–H groups in total. The van der Waals surface area contributed by atoms with Crippen LogP contribution in [0.3, 0.4) is 0 Å². The highest BCUT2D eigenvalue weighted by Crippen LogP contribution is 2.25. The quantitative estimate of drug-likeness (QED) is 0.602. The van der Waals surface area contributed by atoms with Crippen LogP contribution in [0.4, 0.5) is 0 Å². The van der Waals surface area contributed by atoms with Gasteiger partial charge in [-0.05, 0) is 31.9 Å². The maximum atomic E-state index is 12.2. The first-order chi connectivity index (χ1) is 11.0. The van der Waals surface area contributed by atoms with Crippen molar-refractivity contribution in [2.45, 2.75) is 52.1 Å². The lowest BCUT2D eigenvalue weighted by Crippen LogP contribution is -2.23. The molecule has 0 spiro atoms. The Kier molecular flexibility index (Phi) is 5.79. The molecule has 124 valence electrons. The molecule has 1 unspecified atom stereocenters. The van der Waals surface area contributed by atoms with E-state index in [1.165, 1.54) is 0 Å². The number of para-hydroxylation sites is 1. The molecule has 1 atom stereocenters. The topological polar surface area (TPSA) is 79.4 Å². The predicted octanol–water partition coefficient (Wildman–Crippen LogP) is 3.75. The number of aromatic hydroxyl groups is 1. The maximum absolute atomic E-state index is 12.2. The highest BCUT2D eigenvalue weighted by Gasteiger charge is 2.22. The average molecular weight is 317 g/mol. The Bertz CT molecular complexity index is 735. The zero-order valence-corrected chi connectivity index (χ0v) is 13.6. The summed E-state index contributed by atoms with van der Waals surface area (Å²) in [6, 6.07) is 6.79. The minimum Gasteiger partial charge on any atom is -0.506 e. The van der Waals surface area contributed by atoms with Crippen LogP contribution in [0.25, 0.3) is 10.9 Å². The van der Waals surface area contributed by atoms with E-state index in [0.717, 1.165) is 32.1 Å². The van der Waals surface area contributed by atoms with Gasteiger partial charge in [-0.1, -0.05) is 38.3 Å². The van der Waals surface area contributed by atoms with E-state index in [0.29, 0.717) is 10.9 Å². The van der Waals surface area contributed by atoms with E-state index in [9.17, 15) is 14.7 Å². The maximum Gasteiger partial charge on any atom is 0.347 e. The van der Waals surface area contributed by atoms with Gasteiger partial charge in [0.1, 0.15) is 5.75 Å². The molecule has 0 bridgehead atoms. The molecule has 2 rings (SSSR count). The van der Waals surface area contributed by atoms with Crippen LogP contribution in [0.1, 0.15) is 56.3 Å². The van der Waals surface area contributed by atoms with Crippen molar-refractivity contribution in [1.29, 1.82) is 0 Å². The van der Waals surface area contributed by atoms with E-state index >= 15 is 0 Å². The summed E-state index contributed by atoms with van der Waals surface area (Å²) in [7, 11) is 0. The Labute approximate surface area is 135 Å². The van der Waals surface area contributed by atoms with Crippen LogP contribution in [-0.2, 0) is 4.74 Å². The standard InChI is InChI=1S/C18H23NO4/c1-3-4-5-6-9-12(2)23-18(22)15-16(20)13-10-7-8-11-14(13)19-17(15)21/h7-8,10-12H,3-6,9H2,1-2H3,(H2,19,20,21). The summed E-state index contributed by atoms with van der Waals surface area (Å²) in [4.78, 5) is 26.9. The molecular weight excluding hydrogens is 294 g/mol. The van der Waals surface area contributed by atoms with E-state index in [2.05, 4.69) is 11.9 Å². The Morgan fingerprint density at radius 3 is 2.74 bits per heavy atom. The number of esters is 1. The minimum atomic E-state index is -0.780. The summed E-state index contributed by atoms with van der Waals surface area (Å²) in [5.74, 6) is -1.11. The molecule has 1 aromatic heterocycles. The molecule has 5 heteroatoms. The molecule has 2 aromatic rings. The first kappa shape index (κ1) is 17.1. The van der Waals surface area contributed by atoms with Crippen LogP contribution >= 0.6 is 0 Å². The fourth-order valence-corrected chi connectivity index (χ4v) is 2.57. The Balaban J connectivity index is 2.13. The number of H-pyrrole nitrogens is 1. The average Bonchev–Trinajstić information content (AvgIpc) is 2.51. The van der Waals surface area contributed by atoms with Crippen LogP contribution < -0.4 is 5.56 Å². The summed E-state index contributed by atoms with van der Waals surface area (Å²) >= 11 is 0. The molecule has 23 heavy (non-hydrogen) atoms. The molecule has 1 heterocycles. The molecule has 0 amide bonds. The Hall–Kier alpha value is -2.30. The number of carbonyl (C=O) groups excluding carboxylic acids is 1. The minimum absolute atomic E-state index is 0.287. The zero-order valence-electron chi connectivity index (χ0n) is 13.6. The van der Waals surface area contributed by atoms with Crippen LogP contribution in [-0.4, -0.2) is 22.2 Å². The van der Waals surface area contributed by atoms with E-state index in [1.54, 1.807) is 31.2 Å². The van der Waals surface area contributed by atoms with Crippen LogP contribution in [0.2, 0.25) is 0 Å². The fraction of sp³-hybridized carbons (Fsp3) is 0.444. The van der Waals surface area contributed by atoms with Crippen LogP contribution in [0.15, 0.2) is 29.1 Å². The van der Waals surface area contributed by atoms with E-state index in [-0.39, 0.29) is 17.4 Å². The van der Waals surface area contributed by atoms with Gasteiger partial charge in [-0.2, -0.15) is 0 Å². The van der Waals surface area contributed by atoms with Gasteiger partial charge in [-0.25, -0.2) is 4.79 Å². The van der Waals surface area contributed by atoms with Gasteiger partial charge in [0, 0.05) is 5.39 Å². The van der Waals surface area contributed by atoms with Gasteiger partial charge < -0.3 is 14.8 Å². The first-order valence-corrected chi connectivity index (χ1v) is 8.09. The smallest absolute Gasteiger partial charge is 0.347 e. The molecule has 0 fully saturated rings. The van der Waals surface area contributed by atoms with Crippen LogP contribution in [0, 0.1) is 0 Å². The molecule has 5 nitrogen and oxygen atoms in total. The summed E-state index contributed by atoms with van der Waals surface area (Å²) in [6.07, 6.45) is 4.84. The molecule has 0 saturated carbocycles. The molecule has 0 saturated heterocycles. The Morgan fingerprint density at radius 2 is 2.00 bits per heavy atom. The highest BCUT2D eigenvalue weighted by atomic mass is 16.5. The number of pyridine rings is 1. The number of carbonyl (C=O) groups is 1. The number of ether oxygens (including phenoxy) is 1. The van der Waals surface area contributed by atoms with Crippen molar-refractivity contribution in [3.8, 4) is 5.75 Å². The molecule has 0 aliphatic heterocycles. The monoisotopic (exact) mass is 317 g/mol. The van der Waals surface area contributed by atoms with Crippen LogP contribution in [0.5, 0.6) is 5.75 Å². The summed E-state index contributed by atoms with van der Waals surface area (Å²) in [6.45, 7) is 3.94. The molecule has 0 radical (unpaired) electrons. The van der Waals surface area contributed by atoms with E-state index < -0.39 is 11.5 Å². The second kappa shape index (κ2) is 7.81. The number of fused-ring (bicyclic) bond motifs is 1. The lowest BCUT2D eigenvalue weighted by atomic mass is 10.1. The summed E-state index contributed by atoms with van der Waals surface area (Å²) in [5.41, 5.74) is -0.479. The van der Waals surface area contributed by atoms with Crippen molar-refractivity contribution in [3.63, 3.8) is 0 Å². The third-order valence-electron chi connectivity index (χ3n) is 3.87. The van der Waals surface area contributed by atoms with Crippen molar-refractivity contribution >= 4 is 16.9 Å². The first-order valence-electron chi connectivity index (χ1n) is 8.09. The molecule has 0 aliphatic rings. The highest BCUT2D eigenvalue weighted by molar-refractivity contribution is 5.99. The normalized spacial score (nSPS) is 12.3. The number of nitrogens with one attached hydrogen (secondary N) is 1. The van der Waals surface area contributed by atoms with Gasteiger partial charge in [0.05, 0.1) is 11.6 Å². The molecule has 0 aliphatic carbocycles. The fourth-order valence-electron chi connectivity index (χ4n) is 2.57. The number of rotatable bonds is 7. The predicted molar refractivity (Wildman–Crippen MR) is 89.9 cm³/mol. The van der Waals surface area contributed by atoms with Gasteiger partial charge >= 0.3 is 5.97 Å². The second-order valence-corrected chi connectivity index (χ2v) is 5.79. The molecular formula is C18H23NO4.